The molecule has 1 aliphatic rings. The Hall–Kier alpha value is -0.780. The van der Waals surface area contributed by atoms with Crippen LogP contribution in [0.2, 0.25) is 0 Å². The Bertz CT molecular complexity index is 171. The van der Waals surface area contributed by atoms with Crippen LogP contribution in [-0.2, 0) is 9.59 Å². The maximum Gasteiger partial charge on any atom is 0.213 e. The third-order valence-electron chi connectivity index (χ3n) is 1.71. The first-order valence-corrected chi connectivity index (χ1v) is 3.36. The number of aldehydes is 1. The zero-order valence-electron chi connectivity index (χ0n) is 5.91. The van der Waals surface area contributed by atoms with Crippen molar-refractivity contribution >= 4 is 12.1 Å². The summed E-state index contributed by atoms with van der Waals surface area (Å²) in [5, 5.41) is 14.3. The molecule has 0 spiro atoms. The fourth-order valence-electron chi connectivity index (χ4n) is 1.10. The topological polar surface area (TPSA) is 78.4 Å². The summed E-state index contributed by atoms with van der Waals surface area (Å²) in [6.45, 7) is 0.312. The molecule has 11 heavy (non-hydrogen) atoms. The maximum atomic E-state index is 10.8. The predicted molar refractivity (Wildman–Crippen MR) is 36.9 cm³/mol. The summed E-state index contributed by atoms with van der Waals surface area (Å²) in [4.78, 5) is 20.9. The van der Waals surface area contributed by atoms with Crippen LogP contribution in [0.3, 0.4) is 0 Å². The molecule has 1 aliphatic heterocycles. The summed E-state index contributed by atoms with van der Waals surface area (Å²) in [7, 11) is 0. The summed E-state index contributed by atoms with van der Waals surface area (Å²) in [5.41, 5.74) is 0. The van der Waals surface area contributed by atoms with Gasteiger partial charge < -0.3 is 5.11 Å². The Balaban J connectivity index is 2.55. The molecule has 5 nitrogen and oxygen atoms in total. The maximum absolute atomic E-state index is 10.8. The summed E-state index contributed by atoms with van der Waals surface area (Å²) in [6.07, 6.45) is 0.271. The van der Waals surface area contributed by atoms with Gasteiger partial charge in [0.2, 0.25) is 5.78 Å². The van der Waals surface area contributed by atoms with Crippen LogP contribution >= 0.6 is 0 Å². The van der Waals surface area contributed by atoms with Gasteiger partial charge in [-0.2, -0.15) is 0 Å². The van der Waals surface area contributed by atoms with Gasteiger partial charge in [0.1, 0.15) is 0 Å². The lowest BCUT2D eigenvalue weighted by atomic mass is 10.1. The van der Waals surface area contributed by atoms with Crippen molar-refractivity contribution in [3.05, 3.63) is 0 Å². The molecule has 0 radical (unpaired) electrons. The Morgan fingerprint density at radius 3 is 2.91 bits per heavy atom. The van der Waals surface area contributed by atoms with Crippen molar-refractivity contribution in [2.75, 3.05) is 13.3 Å². The molecule has 0 aromatic carbocycles. The van der Waals surface area contributed by atoms with E-state index in [1.54, 1.807) is 0 Å². The van der Waals surface area contributed by atoms with Crippen LogP contribution in [0.25, 0.3) is 0 Å². The van der Waals surface area contributed by atoms with E-state index >= 15 is 0 Å². The van der Waals surface area contributed by atoms with Crippen LogP contribution in [0.1, 0.15) is 0 Å². The highest BCUT2D eigenvalue weighted by Gasteiger charge is 2.30. The van der Waals surface area contributed by atoms with Crippen molar-refractivity contribution in [2.45, 2.75) is 12.1 Å². The van der Waals surface area contributed by atoms with E-state index in [9.17, 15) is 9.59 Å². The number of hydrogen-bond donors (Lipinski definition) is 3. The van der Waals surface area contributed by atoms with E-state index in [4.69, 9.17) is 5.11 Å². The molecule has 0 bridgehead atoms. The quantitative estimate of drug-likeness (QED) is 0.316. The number of Topliss-reactive ketones (excluding diaryl/α,β-unsaturated/α-hetero) is 1. The van der Waals surface area contributed by atoms with Gasteiger partial charge in [-0.15, -0.1) is 0 Å². The molecule has 5 heteroatoms. The first kappa shape index (κ1) is 8.32. The van der Waals surface area contributed by atoms with E-state index < -0.39 is 11.8 Å². The van der Waals surface area contributed by atoms with E-state index in [1.165, 1.54) is 0 Å². The number of aliphatic hydroxyl groups is 1. The number of carbonyl (C=O) groups excluding carboxylic acids is 2. The van der Waals surface area contributed by atoms with E-state index in [-0.39, 0.29) is 18.9 Å². The van der Waals surface area contributed by atoms with Crippen molar-refractivity contribution in [3.63, 3.8) is 0 Å². The van der Waals surface area contributed by atoms with Crippen LogP contribution in [0, 0.1) is 0 Å². The van der Waals surface area contributed by atoms with E-state index in [2.05, 4.69) is 10.6 Å². The summed E-state index contributed by atoms with van der Waals surface area (Å²) in [6, 6.07) is -0.884. The monoisotopic (exact) mass is 158 g/mol. The number of rotatable bonds is 3. The molecule has 1 saturated heterocycles. The van der Waals surface area contributed by atoms with Crippen molar-refractivity contribution in [1.29, 1.82) is 0 Å². The van der Waals surface area contributed by atoms with Gasteiger partial charge in [-0.1, -0.05) is 0 Å². The fraction of sp³-hybridized carbons (Fsp3) is 0.667. The average Bonchev–Trinajstić information content (AvgIpc) is 2.50. The molecule has 0 amide bonds. The molecule has 1 fully saturated rings. The van der Waals surface area contributed by atoms with E-state index in [1.807, 2.05) is 0 Å². The second kappa shape index (κ2) is 3.56. The van der Waals surface area contributed by atoms with Gasteiger partial charge in [0.25, 0.3) is 0 Å². The van der Waals surface area contributed by atoms with Gasteiger partial charge in [0, 0.05) is 6.67 Å². The molecule has 0 aromatic heterocycles. The van der Waals surface area contributed by atoms with Crippen molar-refractivity contribution in [1.82, 2.24) is 10.6 Å². The van der Waals surface area contributed by atoms with Gasteiger partial charge in [-0.05, 0) is 0 Å². The van der Waals surface area contributed by atoms with Crippen LogP contribution in [0.5, 0.6) is 0 Å². The molecule has 0 saturated carbocycles. The number of carbonyl (C=O) groups is 2. The molecular weight excluding hydrogens is 148 g/mol. The van der Waals surface area contributed by atoms with Crippen molar-refractivity contribution in [3.8, 4) is 0 Å². The zero-order chi connectivity index (χ0) is 8.27. The number of ketones is 1. The average molecular weight is 158 g/mol. The van der Waals surface area contributed by atoms with Gasteiger partial charge in [0.05, 0.1) is 18.7 Å². The molecule has 1 rings (SSSR count). The van der Waals surface area contributed by atoms with Gasteiger partial charge in [-0.25, -0.2) is 0 Å². The third kappa shape index (κ3) is 1.62. The smallest absolute Gasteiger partial charge is 0.213 e. The standard InChI is InChI=1S/C6H10N2O3/c9-1-4-6(5(11)2-10)8-3-7-4/h2,4,6-9H,1,3H2. The summed E-state index contributed by atoms with van der Waals surface area (Å²) >= 11 is 0. The number of nitrogens with one attached hydrogen (secondary N) is 2. The van der Waals surface area contributed by atoms with E-state index in [0.29, 0.717) is 6.67 Å². The predicted octanol–water partition coefficient (Wildman–Crippen LogP) is -2.37. The lowest BCUT2D eigenvalue weighted by molar-refractivity contribution is -0.131. The van der Waals surface area contributed by atoms with Crippen LogP contribution in [0.15, 0.2) is 0 Å². The minimum atomic E-state index is -0.558. The van der Waals surface area contributed by atoms with Gasteiger partial charge in [-0.3, -0.25) is 20.2 Å². The summed E-state index contributed by atoms with van der Waals surface area (Å²) < 4.78 is 0. The fourth-order valence-corrected chi connectivity index (χ4v) is 1.10. The molecule has 62 valence electrons. The summed E-state index contributed by atoms with van der Waals surface area (Å²) in [5.74, 6) is -0.519. The second-order valence-corrected chi connectivity index (χ2v) is 2.37. The van der Waals surface area contributed by atoms with Crippen LogP contribution in [0.4, 0.5) is 0 Å². The molecule has 0 aromatic rings. The van der Waals surface area contributed by atoms with E-state index in [0.717, 1.165) is 0 Å². The van der Waals surface area contributed by atoms with Gasteiger partial charge in [0.15, 0.2) is 6.29 Å². The second-order valence-electron chi connectivity index (χ2n) is 2.37. The Kier molecular flexibility index (Phi) is 2.70. The highest BCUT2D eigenvalue weighted by Crippen LogP contribution is 1.98. The highest BCUT2D eigenvalue weighted by molar-refractivity contribution is 6.27. The number of hydrogen-bond acceptors (Lipinski definition) is 5. The van der Waals surface area contributed by atoms with Gasteiger partial charge >= 0.3 is 0 Å². The Morgan fingerprint density at radius 2 is 2.36 bits per heavy atom. The molecular formula is C6H10N2O3. The largest absolute Gasteiger partial charge is 0.395 e. The minimum absolute atomic E-state index is 0.142. The molecule has 3 N–H and O–H groups in total. The van der Waals surface area contributed by atoms with Crippen LogP contribution < -0.4 is 10.6 Å². The lowest BCUT2D eigenvalue weighted by Gasteiger charge is -2.11. The Labute approximate surface area is 63.8 Å². The van der Waals surface area contributed by atoms with Crippen LogP contribution in [-0.4, -0.2) is 42.5 Å². The molecule has 1 heterocycles. The molecule has 0 aliphatic carbocycles. The lowest BCUT2D eigenvalue weighted by Crippen LogP contribution is -2.43. The Morgan fingerprint density at radius 1 is 1.64 bits per heavy atom. The zero-order valence-corrected chi connectivity index (χ0v) is 5.91. The first-order valence-electron chi connectivity index (χ1n) is 3.36. The first-order chi connectivity index (χ1) is 5.29. The van der Waals surface area contributed by atoms with Crippen molar-refractivity contribution in [2.24, 2.45) is 0 Å². The highest BCUT2D eigenvalue weighted by atomic mass is 16.3. The SMILES string of the molecule is O=CC(=O)C1NCNC1CO. The molecule has 2 atom stereocenters. The number of aliphatic hydroxyl groups excluding tert-OH is 1. The molecule has 2 unspecified atom stereocenters. The van der Waals surface area contributed by atoms with Crippen molar-refractivity contribution < 1.29 is 14.7 Å². The third-order valence-corrected chi connectivity index (χ3v) is 1.71. The minimum Gasteiger partial charge on any atom is -0.395 e. The normalized spacial score (nSPS) is 30.3.